The third-order valence-corrected chi connectivity index (χ3v) is 6.11. The predicted octanol–water partition coefficient (Wildman–Crippen LogP) is 2.85. The van der Waals surface area contributed by atoms with E-state index < -0.39 is 0 Å². The number of carbonyl (C=O) groups excluding carboxylic acids is 1. The van der Waals surface area contributed by atoms with Gasteiger partial charge in [-0.15, -0.1) is 11.8 Å². The minimum Gasteiger partial charge on any atom is -0.479 e. The second-order valence-electron chi connectivity index (χ2n) is 6.78. The van der Waals surface area contributed by atoms with Crippen molar-refractivity contribution in [3.8, 4) is 11.8 Å². The van der Waals surface area contributed by atoms with Gasteiger partial charge in [-0.2, -0.15) is 5.26 Å². The standard InChI is InChI=1S/C20H20ClN5O2S/c21-15-10-16-19(28-13-18(27)24-16)17(11-15)26-6-4-25(5-7-26)8-9-29-20-14(12-22)2-1-3-23-20/h1-3,10-11H,4-9,13H2,(H,24,27). The molecule has 0 bridgehead atoms. The number of rotatable bonds is 5. The van der Waals surface area contributed by atoms with Crippen molar-refractivity contribution in [2.75, 3.05) is 55.3 Å². The Hall–Kier alpha value is -2.47. The number of nitrogens with one attached hydrogen (secondary N) is 1. The van der Waals surface area contributed by atoms with E-state index in [2.05, 4.69) is 26.2 Å². The molecule has 9 heteroatoms. The molecule has 3 heterocycles. The number of fused-ring (bicyclic) bond motifs is 1. The molecule has 150 valence electrons. The topological polar surface area (TPSA) is 81.5 Å². The minimum absolute atomic E-state index is 0.0248. The first kappa shape index (κ1) is 19.8. The van der Waals surface area contributed by atoms with E-state index >= 15 is 0 Å². The summed E-state index contributed by atoms with van der Waals surface area (Å²) in [6, 6.07) is 9.38. The molecule has 29 heavy (non-hydrogen) atoms. The van der Waals surface area contributed by atoms with E-state index in [-0.39, 0.29) is 12.5 Å². The van der Waals surface area contributed by atoms with E-state index in [1.54, 1.807) is 36.2 Å². The van der Waals surface area contributed by atoms with Crippen molar-refractivity contribution in [2.24, 2.45) is 0 Å². The lowest BCUT2D eigenvalue weighted by Gasteiger charge is -2.37. The molecule has 1 aromatic carbocycles. The molecule has 0 unspecified atom stereocenters. The summed E-state index contributed by atoms with van der Waals surface area (Å²) < 4.78 is 5.68. The van der Waals surface area contributed by atoms with Gasteiger partial charge in [0.15, 0.2) is 12.4 Å². The zero-order chi connectivity index (χ0) is 20.2. The Morgan fingerprint density at radius 1 is 1.31 bits per heavy atom. The molecule has 0 atom stereocenters. The second kappa shape index (κ2) is 8.91. The molecule has 2 aliphatic heterocycles. The number of anilines is 2. The summed E-state index contributed by atoms with van der Waals surface area (Å²) in [5.41, 5.74) is 2.18. The number of hydrogen-bond acceptors (Lipinski definition) is 7. The van der Waals surface area contributed by atoms with Gasteiger partial charge in [-0.05, 0) is 24.3 Å². The van der Waals surface area contributed by atoms with E-state index in [9.17, 15) is 4.79 Å². The van der Waals surface area contributed by atoms with Gasteiger partial charge in [0.25, 0.3) is 5.91 Å². The Morgan fingerprint density at radius 2 is 2.14 bits per heavy atom. The summed E-state index contributed by atoms with van der Waals surface area (Å²) >= 11 is 7.87. The summed E-state index contributed by atoms with van der Waals surface area (Å²) in [7, 11) is 0. The fraction of sp³-hybridized carbons (Fsp3) is 0.350. The predicted molar refractivity (Wildman–Crippen MR) is 114 cm³/mol. The number of nitriles is 1. The third-order valence-electron chi connectivity index (χ3n) is 4.91. The van der Waals surface area contributed by atoms with Crippen LogP contribution < -0.4 is 15.0 Å². The second-order valence-corrected chi connectivity index (χ2v) is 8.30. The van der Waals surface area contributed by atoms with Crippen LogP contribution >= 0.6 is 23.4 Å². The molecule has 4 rings (SSSR count). The molecular formula is C20H20ClN5O2S. The van der Waals surface area contributed by atoms with Crippen molar-refractivity contribution in [1.29, 1.82) is 5.26 Å². The lowest BCUT2D eigenvalue weighted by Crippen LogP contribution is -2.47. The van der Waals surface area contributed by atoms with Gasteiger partial charge in [-0.1, -0.05) is 11.6 Å². The molecule has 7 nitrogen and oxygen atoms in total. The number of halogens is 1. The number of pyridine rings is 1. The summed E-state index contributed by atoms with van der Waals surface area (Å²) in [6.07, 6.45) is 1.72. The number of ether oxygens (including phenoxy) is 1. The molecule has 1 fully saturated rings. The largest absolute Gasteiger partial charge is 0.479 e. The van der Waals surface area contributed by atoms with Crippen molar-refractivity contribution in [2.45, 2.75) is 5.03 Å². The first-order valence-electron chi connectivity index (χ1n) is 9.35. The SMILES string of the molecule is N#Cc1cccnc1SCCN1CCN(c2cc(Cl)cc3c2OCC(=O)N3)CC1. The zero-order valence-electron chi connectivity index (χ0n) is 15.7. The maximum atomic E-state index is 11.6. The highest BCUT2D eigenvalue weighted by molar-refractivity contribution is 7.99. The Labute approximate surface area is 178 Å². The van der Waals surface area contributed by atoms with Gasteiger partial charge in [0.2, 0.25) is 0 Å². The summed E-state index contributed by atoms with van der Waals surface area (Å²) in [6.45, 7) is 4.49. The quantitative estimate of drug-likeness (QED) is 0.732. The van der Waals surface area contributed by atoms with Gasteiger partial charge in [-0.25, -0.2) is 4.98 Å². The van der Waals surface area contributed by atoms with Crippen molar-refractivity contribution < 1.29 is 9.53 Å². The molecule has 1 saturated heterocycles. The average Bonchev–Trinajstić information content (AvgIpc) is 2.73. The van der Waals surface area contributed by atoms with Crippen molar-refractivity contribution in [3.05, 3.63) is 41.0 Å². The molecule has 0 saturated carbocycles. The van der Waals surface area contributed by atoms with Crippen molar-refractivity contribution >= 4 is 40.6 Å². The molecule has 0 radical (unpaired) electrons. The van der Waals surface area contributed by atoms with Gasteiger partial charge in [0.05, 0.1) is 16.9 Å². The number of hydrogen-bond donors (Lipinski definition) is 1. The van der Waals surface area contributed by atoms with Crippen LogP contribution in [0.3, 0.4) is 0 Å². The Balaban J connectivity index is 1.33. The first-order chi connectivity index (χ1) is 14.1. The monoisotopic (exact) mass is 429 g/mol. The number of amides is 1. The van der Waals surface area contributed by atoms with Gasteiger partial charge < -0.3 is 15.0 Å². The molecule has 2 aromatic rings. The summed E-state index contributed by atoms with van der Waals surface area (Å²) in [5.74, 6) is 1.41. The van der Waals surface area contributed by atoms with Crippen molar-refractivity contribution in [1.82, 2.24) is 9.88 Å². The zero-order valence-corrected chi connectivity index (χ0v) is 17.3. The van der Waals surface area contributed by atoms with Crippen LogP contribution in [0.5, 0.6) is 5.75 Å². The van der Waals surface area contributed by atoms with Crippen LogP contribution in [0, 0.1) is 11.3 Å². The fourth-order valence-electron chi connectivity index (χ4n) is 3.46. The minimum atomic E-state index is -0.166. The van der Waals surface area contributed by atoms with Crippen LogP contribution in [0.25, 0.3) is 0 Å². The van der Waals surface area contributed by atoms with E-state index in [4.69, 9.17) is 21.6 Å². The van der Waals surface area contributed by atoms with Gasteiger partial charge in [0.1, 0.15) is 11.1 Å². The number of aromatic nitrogens is 1. The van der Waals surface area contributed by atoms with E-state index in [1.807, 2.05) is 6.07 Å². The number of thioether (sulfide) groups is 1. The Bertz CT molecular complexity index is 956. The van der Waals surface area contributed by atoms with Gasteiger partial charge in [-0.3, -0.25) is 9.69 Å². The van der Waals surface area contributed by atoms with E-state index in [0.717, 1.165) is 49.2 Å². The highest BCUT2D eigenvalue weighted by Gasteiger charge is 2.25. The maximum absolute atomic E-state index is 11.6. The normalized spacial score (nSPS) is 16.6. The van der Waals surface area contributed by atoms with Crippen LogP contribution in [-0.2, 0) is 4.79 Å². The van der Waals surface area contributed by atoms with E-state index in [1.165, 1.54) is 0 Å². The number of benzene rings is 1. The van der Waals surface area contributed by atoms with Crippen LogP contribution in [0.15, 0.2) is 35.5 Å². The molecule has 1 N–H and O–H groups in total. The van der Waals surface area contributed by atoms with Gasteiger partial charge in [0, 0.05) is 49.7 Å². The molecule has 0 spiro atoms. The van der Waals surface area contributed by atoms with Crippen LogP contribution in [0.4, 0.5) is 11.4 Å². The molecule has 1 amide bonds. The fourth-order valence-corrected chi connectivity index (χ4v) is 4.62. The van der Waals surface area contributed by atoms with Crippen molar-refractivity contribution in [3.63, 3.8) is 0 Å². The number of carbonyl (C=O) groups is 1. The van der Waals surface area contributed by atoms with Gasteiger partial charge >= 0.3 is 0 Å². The van der Waals surface area contributed by atoms with Crippen LogP contribution in [0.1, 0.15) is 5.56 Å². The number of nitrogens with zero attached hydrogens (tertiary/aromatic N) is 4. The van der Waals surface area contributed by atoms with Crippen LogP contribution in [-0.4, -0.2) is 60.9 Å². The smallest absolute Gasteiger partial charge is 0.262 e. The summed E-state index contributed by atoms with van der Waals surface area (Å²) in [5, 5.41) is 13.4. The molecule has 1 aromatic heterocycles. The highest BCUT2D eigenvalue weighted by atomic mass is 35.5. The lowest BCUT2D eigenvalue weighted by molar-refractivity contribution is -0.118. The van der Waals surface area contributed by atoms with E-state index in [0.29, 0.717) is 22.0 Å². The number of piperazine rings is 1. The first-order valence-corrected chi connectivity index (χ1v) is 10.7. The summed E-state index contributed by atoms with van der Waals surface area (Å²) in [4.78, 5) is 20.5. The molecule has 0 aliphatic carbocycles. The highest BCUT2D eigenvalue weighted by Crippen LogP contribution is 2.41. The maximum Gasteiger partial charge on any atom is 0.262 e. The Morgan fingerprint density at radius 3 is 2.93 bits per heavy atom. The molecule has 2 aliphatic rings. The lowest BCUT2D eigenvalue weighted by atomic mass is 10.2. The van der Waals surface area contributed by atoms with Crippen LogP contribution in [0.2, 0.25) is 5.02 Å². The average molecular weight is 430 g/mol. The third kappa shape index (κ3) is 4.58. The Kier molecular flexibility index (Phi) is 6.09. The molecular weight excluding hydrogens is 410 g/mol.